The molecule has 2 rings (SSSR count). The zero-order chi connectivity index (χ0) is 15.6. The quantitative estimate of drug-likeness (QED) is 0.760. The van der Waals surface area contributed by atoms with Gasteiger partial charge in [-0.05, 0) is 13.0 Å². The van der Waals surface area contributed by atoms with Gasteiger partial charge in [0.15, 0.2) is 0 Å². The maximum atomic E-state index is 12.9. The minimum Gasteiger partial charge on any atom is -0.394 e. The van der Waals surface area contributed by atoms with Gasteiger partial charge in [-0.3, -0.25) is 0 Å². The van der Waals surface area contributed by atoms with Gasteiger partial charge in [0.1, 0.15) is 4.99 Å². The second kappa shape index (κ2) is 6.37. The standard InChI is InChI=1S/C13H18N2O4S2/c1-9-8-19-10(7-16)6-15(9)21(17,18)12-5-3-2-4-11(12)13(14)20/h2-5,9-10,16H,6-8H2,1H3,(H2,14,20). The minimum atomic E-state index is -3.76. The average molecular weight is 330 g/mol. The molecule has 1 heterocycles. The molecule has 1 fully saturated rings. The Morgan fingerprint density at radius 3 is 2.81 bits per heavy atom. The lowest BCUT2D eigenvalue weighted by Gasteiger charge is -2.36. The van der Waals surface area contributed by atoms with Gasteiger partial charge >= 0.3 is 0 Å². The third-order valence-corrected chi connectivity index (χ3v) is 5.65. The van der Waals surface area contributed by atoms with Crippen LogP contribution in [0.3, 0.4) is 0 Å². The summed E-state index contributed by atoms with van der Waals surface area (Å²) in [6.45, 7) is 1.87. The number of aliphatic hydroxyl groups is 1. The summed E-state index contributed by atoms with van der Waals surface area (Å²) in [7, 11) is -3.76. The summed E-state index contributed by atoms with van der Waals surface area (Å²) in [6.07, 6.45) is -0.520. The first-order valence-electron chi connectivity index (χ1n) is 6.51. The second-order valence-corrected chi connectivity index (χ2v) is 7.22. The Labute approximate surface area is 129 Å². The van der Waals surface area contributed by atoms with Crippen molar-refractivity contribution in [3.63, 3.8) is 0 Å². The third-order valence-electron chi connectivity index (χ3n) is 3.39. The molecule has 8 heteroatoms. The molecule has 1 aliphatic heterocycles. The topological polar surface area (TPSA) is 92.9 Å². The molecule has 1 aromatic rings. The fourth-order valence-electron chi connectivity index (χ4n) is 2.26. The van der Waals surface area contributed by atoms with Crippen LogP contribution in [-0.2, 0) is 14.8 Å². The van der Waals surface area contributed by atoms with E-state index in [-0.39, 0.29) is 35.7 Å². The zero-order valence-corrected chi connectivity index (χ0v) is 13.2. The predicted octanol–water partition coefficient (Wildman–Crippen LogP) is 0.0911. The van der Waals surface area contributed by atoms with E-state index >= 15 is 0 Å². The van der Waals surface area contributed by atoms with Crippen LogP contribution in [-0.4, -0.2) is 54.7 Å². The van der Waals surface area contributed by atoms with Gasteiger partial charge in [-0.15, -0.1) is 0 Å². The molecule has 2 unspecified atom stereocenters. The molecule has 0 bridgehead atoms. The molecule has 116 valence electrons. The van der Waals surface area contributed by atoms with Gasteiger partial charge in [-0.25, -0.2) is 8.42 Å². The van der Waals surface area contributed by atoms with E-state index < -0.39 is 16.1 Å². The fourth-order valence-corrected chi connectivity index (χ4v) is 4.36. The Bertz CT molecular complexity index is 633. The minimum absolute atomic E-state index is 0.0359. The van der Waals surface area contributed by atoms with Crippen LogP contribution in [0.15, 0.2) is 29.2 Å². The Morgan fingerprint density at radius 1 is 1.52 bits per heavy atom. The zero-order valence-electron chi connectivity index (χ0n) is 11.6. The largest absolute Gasteiger partial charge is 0.394 e. The Balaban J connectivity index is 2.44. The lowest BCUT2D eigenvalue weighted by Crippen LogP contribution is -2.52. The summed E-state index contributed by atoms with van der Waals surface area (Å²) in [4.78, 5) is 0.122. The molecule has 21 heavy (non-hydrogen) atoms. The van der Waals surface area contributed by atoms with Crippen molar-refractivity contribution in [3.8, 4) is 0 Å². The number of hydrogen-bond donors (Lipinski definition) is 2. The fraction of sp³-hybridized carbons (Fsp3) is 0.462. The number of nitrogens with zero attached hydrogens (tertiary/aromatic N) is 1. The van der Waals surface area contributed by atoms with E-state index in [1.807, 2.05) is 0 Å². The van der Waals surface area contributed by atoms with E-state index in [0.29, 0.717) is 5.56 Å². The molecular formula is C13H18N2O4S2. The van der Waals surface area contributed by atoms with E-state index in [1.165, 1.54) is 10.4 Å². The van der Waals surface area contributed by atoms with Crippen molar-refractivity contribution in [2.75, 3.05) is 19.8 Å². The molecule has 3 N–H and O–H groups in total. The van der Waals surface area contributed by atoms with Crippen molar-refractivity contribution in [3.05, 3.63) is 29.8 Å². The van der Waals surface area contributed by atoms with Crippen LogP contribution in [0.4, 0.5) is 0 Å². The normalized spacial score (nSPS) is 23.9. The number of ether oxygens (including phenoxy) is 1. The lowest BCUT2D eigenvalue weighted by molar-refractivity contribution is -0.0516. The van der Waals surface area contributed by atoms with Crippen LogP contribution in [0.5, 0.6) is 0 Å². The number of morpholine rings is 1. The van der Waals surface area contributed by atoms with Crippen molar-refractivity contribution < 1.29 is 18.3 Å². The number of benzene rings is 1. The monoisotopic (exact) mass is 330 g/mol. The highest BCUT2D eigenvalue weighted by atomic mass is 32.2. The van der Waals surface area contributed by atoms with Gasteiger partial charge in [0.25, 0.3) is 0 Å². The van der Waals surface area contributed by atoms with E-state index in [2.05, 4.69) is 0 Å². The van der Waals surface area contributed by atoms with Crippen molar-refractivity contribution in [1.82, 2.24) is 4.31 Å². The van der Waals surface area contributed by atoms with Gasteiger partial charge in [0.2, 0.25) is 10.0 Å². The van der Waals surface area contributed by atoms with Crippen molar-refractivity contribution >= 4 is 27.2 Å². The molecule has 0 amide bonds. The van der Waals surface area contributed by atoms with Crippen LogP contribution in [0.2, 0.25) is 0 Å². The maximum absolute atomic E-state index is 12.9. The summed E-state index contributed by atoms with van der Waals surface area (Å²) < 4.78 is 32.4. The number of thiocarbonyl (C=S) groups is 1. The van der Waals surface area contributed by atoms with Crippen LogP contribution >= 0.6 is 12.2 Å². The van der Waals surface area contributed by atoms with Gasteiger partial charge in [0.05, 0.1) is 24.2 Å². The molecule has 1 aliphatic rings. The number of rotatable bonds is 4. The van der Waals surface area contributed by atoms with E-state index in [0.717, 1.165) is 0 Å². The van der Waals surface area contributed by atoms with Crippen LogP contribution < -0.4 is 5.73 Å². The number of hydrogen-bond acceptors (Lipinski definition) is 5. The lowest BCUT2D eigenvalue weighted by atomic mass is 10.2. The SMILES string of the molecule is CC1COC(CO)CN1S(=O)(=O)c1ccccc1C(N)=S. The molecule has 2 atom stereocenters. The number of nitrogens with two attached hydrogens (primary N) is 1. The molecule has 1 aromatic carbocycles. The first kappa shape index (κ1) is 16.3. The van der Waals surface area contributed by atoms with Crippen molar-refractivity contribution in [1.29, 1.82) is 0 Å². The van der Waals surface area contributed by atoms with Crippen molar-refractivity contribution in [2.45, 2.75) is 24.0 Å². The highest BCUT2D eigenvalue weighted by Crippen LogP contribution is 2.25. The molecule has 0 aliphatic carbocycles. The number of sulfonamides is 1. The molecule has 0 spiro atoms. The summed E-state index contributed by atoms with van der Waals surface area (Å²) in [5, 5.41) is 9.19. The summed E-state index contributed by atoms with van der Waals surface area (Å²) in [6, 6.07) is 6.07. The smallest absolute Gasteiger partial charge is 0.244 e. The van der Waals surface area contributed by atoms with Crippen LogP contribution in [0.25, 0.3) is 0 Å². The Kier molecular flexibility index (Phi) is 4.95. The molecule has 6 nitrogen and oxygen atoms in total. The highest BCUT2D eigenvalue weighted by molar-refractivity contribution is 7.89. The van der Waals surface area contributed by atoms with Gasteiger partial charge in [0, 0.05) is 18.2 Å². The Morgan fingerprint density at radius 2 is 2.19 bits per heavy atom. The Hall–Kier alpha value is -1.06. The first-order valence-corrected chi connectivity index (χ1v) is 8.36. The van der Waals surface area contributed by atoms with Crippen LogP contribution in [0.1, 0.15) is 12.5 Å². The van der Waals surface area contributed by atoms with E-state index in [1.54, 1.807) is 25.1 Å². The highest BCUT2D eigenvalue weighted by Gasteiger charge is 2.36. The van der Waals surface area contributed by atoms with Gasteiger partial charge in [-0.2, -0.15) is 4.31 Å². The van der Waals surface area contributed by atoms with Crippen molar-refractivity contribution in [2.24, 2.45) is 5.73 Å². The average Bonchev–Trinajstić information content (AvgIpc) is 2.47. The van der Waals surface area contributed by atoms with Gasteiger partial charge in [-0.1, -0.05) is 30.4 Å². The number of aliphatic hydroxyl groups excluding tert-OH is 1. The first-order chi connectivity index (χ1) is 9.87. The van der Waals surface area contributed by atoms with E-state index in [4.69, 9.17) is 22.7 Å². The maximum Gasteiger partial charge on any atom is 0.244 e. The molecule has 1 saturated heterocycles. The molecule has 0 radical (unpaired) electrons. The van der Waals surface area contributed by atoms with Gasteiger partial charge < -0.3 is 15.6 Å². The molecule has 0 saturated carbocycles. The summed E-state index contributed by atoms with van der Waals surface area (Å²) in [5.74, 6) is 0. The third kappa shape index (κ3) is 3.24. The van der Waals surface area contributed by atoms with E-state index in [9.17, 15) is 13.5 Å². The predicted molar refractivity (Wildman–Crippen MR) is 82.5 cm³/mol. The molecular weight excluding hydrogens is 312 g/mol. The summed E-state index contributed by atoms with van der Waals surface area (Å²) >= 11 is 4.93. The molecule has 0 aromatic heterocycles. The second-order valence-electron chi connectivity index (χ2n) is 4.92. The summed E-state index contributed by atoms with van der Waals surface area (Å²) in [5.41, 5.74) is 5.94. The van der Waals surface area contributed by atoms with Crippen LogP contribution in [0, 0.1) is 0 Å².